The SMILES string of the molecule is CC(C)Cn1c(=O)[nH]c(=O)c2c(C(=O)NC3CCCNC3)cc(C(C)C)nc21.Cl.Cl. The van der Waals surface area contributed by atoms with Crippen molar-refractivity contribution in [1.82, 2.24) is 25.2 Å². The molecule has 2 aromatic rings. The van der Waals surface area contributed by atoms with Crippen molar-refractivity contribution in [2.45, 2.75) is 59.0 Å². The molecule has 10 heteroatoms. The van der Waals surface area contributed by atoms with E-state index in [2.05, 4.69) is 20.6 Å². The number of piperidine rings is 1. The Balaban J connectivity index is 0.00000225. The zero-order valence-electron chi connectivity index (χ0n) is 17.8. The molecule has 2 aromatic heterocycles. The molecule has 0 spiro atoms. The van der Waals surface area contributed by atoms with Crippen LogP contribution in [0.25, 0.3) is 11.0 Å². The molecule has 3 heterocycles. The highest BCUT2D eigenvalue weighted by Gasteiger charge is 2.23. The Morgan fingerprint density at radius 1 is 1.27 bits per heavy atom. The van der Waals surface area contributed by atoms with Gasteiger partial charge in [0.2, 0.25) is 0 Å². The average Bonchev–Trinajstić information content (AvgIpc) is 2.64. The van der Waals surface area contributed by atoms with Crippen LogP contribution in [-0.2, 0) is 6.54 Å². The van der Waals surface area contributed by atoms with Crippen molar-refractivity contribution in [2.75, 3.05) is 13.1 Å². The molecule has 3 N–H and O–H groups in total. The molecule has 1 amide bonds. The first-order valence-electron chi connectivity index (χ1n) is 9.97. The van der Waals surface area contributed by atoms with Crippen molar-refractivity contribution in [3.8, 4) is 0 Å². The normalized spacial score (nSPS) is 16.3. The summed E-state index contributed by atoms with van der Waals surface area (Å²) in [6, 6.07) is 1.70. The lowest BCUT2D eigenvalue weighted by Gasteiger charge is -2.24. The molecule has 1 aliphatic heterocycles. The predicted octanol–water partition coefficient (Wildman–Crippen LogP) is 2.19. The van der Waals surface area contributed by atoms with Crippen LogP contribution in [0, 0.1) is 5.92 Å². The summed E-state index contributed by atoms with van der Waals surface area (Å²) in [4.78, 5) is 45.1. The molecule has 0 aromatic carbocycles. The quantitative estimate of drug-likeness (QED) is 0.634. The van der Waals surface area contributed by atoms with Crippen molar-refractivity contribution in [3.63, 3.8) is 0 Å². The van der Waals surface area contributed by atoms with Crippen molar-refractivity contribution in [1.29, 1.82) is 0 Å². The fraction of sp³-hybridized carbons (Fsp3) is 0.600. The summed E-state index contributed by atoms with van der Waals surface area (Å²) in [5.74, 6) is -0.0701. The lowest BCUT2D eigenvalue weighted by Crippen LogP contribution is -2.46. The third kappa shape index (κ3) is 5.62. The molecule has 1 saturated heterocycles. The summed E-state index contributed by atoms with van der Waals surface area (Å²) >= 11 is 0. The van der Waals surface area contributed by atoms with Gasteiger partial charge in [-0.05, 0) is 37.3 Å². The van der Waals surface area contributed by atoms with Gasteiger partial charge in [0.25, 0.3) is 11.5 Å². The lowest BCUT2D eigenvalue weighted by molar-refractivity contribution is 0.0932. The summed E-state index contributed by atoms with van der Waals surface area (Å²) in [7, 11) is 0. The minimum absolute atomic E-state index is 0. The first kappa shape index (κ1) is 26.1. The molecular weight excluding hydrogens is 429 g/mol. The number of carbonyl (C=O) groups excluding carboxylic acids is 1. The number of hydrogen-bond donors (Lipinski definition) is 3. The van der Waals surface area contributed by atoms with E-state index in [0.717, 1.165) is 19.4 Å². The van der Waals surface area contributed by atoms with Crippen molar-refractivity contribution in [3.05, 3.63) is 38.2 Å². The number of aromatic amines is 1. The smallest absolute Gasteiger partial charge is 0.330 e. The van der Waals surface area contributed by atoms with Gasteiger partial charge < -0.3 is 10.6 Å². The molecule has 1 aliphatic rings. The zero-order valence-corrected chi connectivity index (χ0v) is 19.4. The Morgan fingerprint density at radius 3 is 2.53 bits per heavy atom. The first-order valence-corrected chi connectivity index (χ1v) is 9.97. The van der Waals surface area contributed by atoms with Gasteiger partial charge >= 0.3 is 5.69 Å². The van der Waals surface area contributed by atoms with Crippen LogP contribution in [0.4, 0.5) is 0 Å². The summed E-state index contributed by atoms with van der Waals surface area (Å²) in [5.41, 5.74) is 0.165. The third-order valence-corrected chi connectivity index (χ3v) is 4.98. The highest BCUT2D eigenvalue weighted by atomic mass is 35.5. The number of rotatable bonds is 5. The van der Waals surface area contributed by atoms with E-state index in [4.69, 9.17) is 0 Å². The second kappa shape index (κ2) is 10.9. The van der Waals surface area contributed by atoms with Gasteiger partial charge in [0.05, 0.1) is 10.9 Å². The zero-order chi connectivity index (χ0) is 20.4. The molecule has 30 heavy (non-hydrogen) atoms. The maximum absolute atomic E-state index is 13.1. The largest absolute Gasteiger partial charge is 0.348 e. The van der Waals surface area contributed by atoms with Crippen LogP contribution in [0.2, 0.25) is 0 Å². The molecular formula is C20H31Cl2N5O3. The monoisotopic (exact) mass is 459 g/mol. The van der Waals surface area contributed by atoms with Gasteiger partial charge in [0, 0.05) is 24.8 Å². The van der Waals surface area contributed by atoms with E-state index < -0.39 is 11.2 Å². The molecule has 0 saturated carbocycles. The van der Waals surface area contributed by atoms with Gasteiger partial charge in [-0.2, -0.15) is 0 Å². The van der Waals surface area contributed by atoms with Crippen LogP contribution < -0.4 is 21.9 Å². The molecule has 1 fully saturated rings. The lowest BCUT2D eigenvalue weighted by atomic mass is 10.0. The van der Waals surface area contributed by atoms with E-state index >= 15 is 0 Å². The van der Waals surface area contributed by atoms with Gasteiger partial charge in [0.1, 0.15) is 0 Å². The molecule has 0 radical (unpaired) electrons. The molecule has 1 atom stereocenters. The number of aromatic nitrogens is 3. The number of fused-ring (bicyclic) bond motifs is 1. The van der Waals surface area contributed by atoms with E-state index in [0.29, 0.717) is 18.8 Å². The number of halogens is 2. The van der Waals surface area contributed by atoms with Gasteiger partial charge in [-0.1, -0.05) is 27.7 Å². The topological polar surface area (TPSA) is 109 Å². The average molecular weight is 460 g/mol. The Kier molecular flexibility index (Phi) is 9.52. The van der Waals surface area contributed by atoms with Crippen molar-refractivity contribution < 1.29 is 4.79 Å². The van der Waals surface area contributed by atoms with E-state index in [9.17, 15) is 14.4 Å². The van der Waals surface area contributed by atoms with E-state index in [1.165, 1.54) is 4.57 Å². The van der Waals surface area contributed by atoms with Gasteiger partial charge in [-0.25, -0.2) is 9.78 Å². The standard InChI is InChI=1S/C20H29N5O3.2ClH/c1-11(2)10-25-17-16(19(27)24-20(25)28)14(8-15(23-17)12(3)4)18(26)22-13-6-5-7-21-9-13;;/h8,11-13,21H,5-7,9-10H2,1-4H3,(H,22,26)(H,24,27,28);2*1H. The van der Waals surface area contributed by atoms with Crippen LogP contribution in [-0.4, -0.2) is 39.6 Å². The Bertz CT molecular complexity index is 994. The predicted molar refractivity (Wildman–Crippen MR) is 123 cm³/mol. The fourth-order valence-corrected chi connectivity index (χ4v) is 3.54. The number of amides is 1. The molecule has 0 bridgehead atoms. The second-order valence-corrected chi connectivity index (χ2v) is 8.23. The maximum atomic E-state index is 13.1. The van der Waals surface area contributed by atoms with Crippen LogP contribution in [0.15, 0.2) is 15.7 Å². The Morgan fingerprint density at radius 2 is 1.97 bits per heavy atom. The molecule has 168 valence electrons. The molecule has 8 nitrogen and oxygen atoms in total. The van der Waals surface area contributed by atoms with Crippen molar-refractivity contribution in [2.24, 2.45) is 5.92 Å². The fourth-order valence-electron chi connectivity index (χ4n) is 3.54. The van der Waals surface area contributed by atoms with Gasteiger partial charge in [-0.3, -0.25) is 19.1 Å². The van der Waals surface area contributed by atoms with Gasteiger partial charge in [0.15, 0.2) is 5.65 Å². The molecule has 0 aliphatic carbocycles. The van der Waals surface area contributed by atoms with E-state index in [1.807, 2.05) is 27.7 Å². The minimum Gasteiger partial charge on any atom is -0.348 e. The number of pyridine rings is 1. The third-order valence-electron chi connectivity index (χ3n) is 4.98. The summed E-state index contributed by atoms with van der Waals surface area (Å²) in [6.07, 6.45) is 1.89. The number of nitrogens with one attached hydrogen (secondary N) is 3. The van der Waals surface area contributed by atoms with E-state index in [-0.39, 0.29) is 65.2 Å². The molecule has 3 rings (SSSR count). The Labute approximate surface area is 188 Å². The van der Waals surface area contributed by atoms with Crippen LogP contribution in [0.1, 0.15) is 62.5 Å². The Hall–Kier alpha value is -1.90. The van der Waals surface area contributed by atoms with Crippen LogP contribution >= 0.6 is 24.8 Å². The molecule has 1 unspecified atom stereocenters. The van der Waals surface area contributed by atoms with Crippen LogP contribution in [0.3, 0.4) is 0 Å². The maximum Gasteiger partial charge on any atom is 0.330 e. The minimum atomic E-state index is -0.574. The number of hydrogen-bond acceptors (Lipinski definition) is 5. The summed E-state index contributed by atoms with van der Waals surface area (Å²) < 4.78 is 1.46. The number of nitrogens with zero attached hydrogens (tertiary/aromatic N) is 2. The van der Waals surface area contributed by atoms with Crippen LogP contribution in [0.5, 0.6) is 0 Å². The highest BCUT2D eigenvalue weighted by molar-refractivity contribution is 6.05. The number of carbonyl (C=O) groups is 1. The van der Waals surface area contributed by atoms with Crippen molar-refractivity contribution >= 4 is 41.8 Å². The van der Waals surface area contributed by atoms with E-state index in [1.54, 1.807) is 6.07 Å². The first-order chi connectivity index (χ1) is 13.3. The second-order valence-electron chi connectivity index (χ2n) is 8.23. The van der Waals surface area contributed by atoms with Gasteiger partial charge in [-0.15, -0.1) is 24.8 Å². The highest BCUT2D eigenvalue weighted by Crippen LogP contribution is 2.20. The number of H-pyrrole nitrogens is 1. The summed E-state index contributed by atoms with van der Waals surface area (Å²) in [5, 5.41) is 6.47. The summed E-state index contributed by atoms with van der Waals surface area (Å²) in [6.45, 7) is 9.98.